The number of pyridine rings is 1. The molecule has 1 rings (SSSR count). The Labute approximate surface area is 96.6 Å². The molecule has 17 heavy (non-hydrogen) atoms. The third-order valence-corrected chi connectivity index (χ3v) is 2.97. The standard InChI is InChI=1S/C6H2ClF3N2O4S/c7-17(15,16)5-3(8)2(12(13)14)1-11-4(5)6(9)10/h1,6H. The highest BCUT2D eigenvalue weighted by Gasteiger charge is 2.33. The minimum Gasteiger partial charge on any atom is -0.258 e. The summed E-state index contributed by atoms with van der Waals surface area (Å²) in [6.07, 6.45) is -3.24. The van der Waals surface area contributed by atoms with Gasteiger partial charge in [-0.1, -0.05) is 0 Å². The van der Waals surface area contributed by atoms with Crippen molar-refractivity contribution in [3.63, 3.8) is 0 Å². The van der Waals surface area contributed by atoms with E-state index in [0.717, 1.165) is 0 Å². The molecule has 0 atom stereocenters. The van der Waals surface area contributed by atoms with Crippen LogP contribution in [0.2, 0.25) is 0 Å². The number of halogens is 4. The number of alkyl halides is 2. The van der Waals surface area contributed by atoms with Crippen LogP contribution < -0.4 is 0 Å². The van der Waals surface area contributed by atoms with E-state index >= 15 is 0 Å². The molecule has 0 amide bonds. The zero-order chi connectivity index (χ0) is 13.4. The second kappa shape index (κ2) is 4.45. The summed E-state index contributed by atoms with van der Waals surface area (Å²) >= 11 is 0. The highest BCUT2D eigenvalue weighted by molar-refractivity contribution is 8.13. The molecule has 0 aliphatic rings. The molecule has 11 heteroatoms. The Hall–Kier alpha value is -1.42. The van der Waals surface area contributed by atoms with Crippen LogP contribution in [0.3, 0.4) is 0 Å². The maximum absolute atomic E-state index is 13.4. The number of rotatable bonds is 3. The lowest BCUT2D eigenvalue weighted by atomic mass is 10.3. The average Bonchev–Trinajstić information content (AvgIpc) is 2.14. The highest BCUT2D eigenvalue weighted by atomic mass is 35.7. The van der Waals surface area contributed by atoms with Crippen molar-refractivity contribution in [2.75, 3.05) is 0 Å². The van der Waals surface area contributed by atoms with Crippen molar-refractivity contribution in [1.29, 1.82) is 0 Å². The third-order valence-electron chi connectivity index (χ3n) is 1.63. The molecule has 1 aromatic rings. The summed E-state index contributed by atoms with van der Waals surface area (Å²) in [7, 11) is -0.189. The van der Waals surface area contributed by atoms with E-state index in [9.17, 15) is 31.7 Å². The van der Waals surface area contributed by atoms with Crippen LogP contribution in [0, 0.1) is 15.9 Å². The van der Waals surface area contributed by atoms with Gasteiger partial charge in [0.15, 0.2) is 4.90 Å². The minimum absolute atomic E-state index is 0.197. The molecule has 0 saturated heterocycles. The summed E-state index contributed by atoms with van der Waals surface area (Å²) in [5.41, 5.74) is -2.82. The molecule has 6 nitrogen and oxygen atoms in total. The van der Waals surface area contributed by atoms with Crippen LogP contribution in [-0.4, -0.2) is 18.3 Å². The second-order valence-electron chi connectivity index (χ2n) is 2.67. The lowest BCUT2D eigenvalue weighted by molar-refractivity contribution is -0.388. The fourth-order valence-electron chi connectivity index (χ4n) is 0.989. The topological polar surface area (TPSA) is 90.2 Å². The number of nitro groups is 1. The number of hydrogen-bond acceptors (Lipinski definition) is 5. The highest BCUT2D eigenvalue weighted by Crippen LogP contribution is 2.33. The smallest absolute Gasteiger partial charge is 0.258 e. The van der Waals surface area contributed by atoms with E-state index in [-0.39, 0.29) is 6.20 Å². The Morgan fingerprint density at radius 1 is 1.47 bits per heavy atom. The third kappa shape index (κ3) is 2.64. The van der Waals surface area contributed by atoms with Gasteiger partial charge in [-0.2, -0.15) is 4.39 Å². The van der Waals surface area contributed by atoms with Crippen molar-refractivity contribution in [2.24, 2.45) is 0 Å². The molecule has 0 aromatic carbocycles. The summed E-state index contributed by atoms with van der Waals surface area (Å²) in [6.45, 7) is 0. The normalized spacial score (nSPS) is 11.8. The second-order valence-corrected chi connectivity index (χ2v) is 5.17. The maximum Gasteiger partial charge on any atom is 0.324 e. The molecule has 1 heterocycles. The molecule has 0 unspecified atom stereocenters. The zero-order valence-electron chi connectivity index (χ0n) is 7.60. The Morgan fingerprint density at radius 3 is 2.35 bits per heavy atom. The van der Waals surface area contributed by atoms with Gasteiger partial charge in [0.05, 0.1) is 4.92 Å². The van der Waals surface area contributed by atoms with Gasteiger partial charge in [-0.3, -0.25) is 10.1 Å². The number of hydrogen-bond donors (Lipinski definition) is 0. The van der Waals surface area contributed by atoms with Crippen LogP contribution in [0.15, 0.2) is 11.1 Å². The van der Waals surface area contributed by atoms with Gasteiger partial charge in [-0.25, -0.2) is 22.2 Å². The van der Waals surface area contributed by atoms with Crippen molar-refractivity contribution < 1.29 is 26.5 Å². The Kier molecular flexibility index (Phi) is 3.57. The van der Waals surface area contributed by atoms with Gasteiger partial charge in [0, 0.05) is 10.7 Å². The summed E-state index contributed by atoms with van der Waals surface area (Å²) in [5.74, 6) is -1.96. The summed E-state index contributed by atoms with van der Waals surface area (Å²) in [6, 6.07) is 0. The largest absolute Gasteiger partial charge is 0.324 e. The van der Waals surface area contributed by atoms with Gasteiger partial charge in [0.2, 0.25) is 5.82 Å². The predicted octanol–water partition coefficient (Wildman–Crippen LogP) is 1.99. The fourth-order valence-corrected chi connectivity index (χ4v) is 2.14. The lowest BCUT2D eigenvalue weighted by Crippen LogP contribution is -2.08. The zero-order valence-corrected chi connectivity index (χ0v) is 9.17. The van der Waals surface area contributed by atoms with Crippen LogP contribution >= 0.6 is 10.7 Å². The first-order chi connectivity index (χ1) is 7.66. The first-order valence-electron chi connectivity index (χ1n) is 3.72. The number of nitrogens with zero attached hydrogens (tertiary/aromatic N) is 2. The molecule has 1 aromatic heterocycles. The molecule has 0 aliphatic heterocycles. The molecular formula is C6H2ClF3N2O4S. The van der Waals surface area contributed by atoms with Crippen molar-refractivity contribution >= 4 is 25.4 Å². The summed E-state index contributed by atoms with van der Waals surface area (Å²) in [5, 5.41) is 10.3. The van der Waals surface area contributed by atoms with Gasteiger partial charge in [0.1, 0.15) is 11.9 Å². The van der Waals surface area contributed by atoms with Gasteiger partial charge in [-0.15, -0.1) is 0 Å². The molecule has 0 bridgehead atoms. The Morgan fingerprint density at radius 2 is 2.00 bits per heavy atom. The predicted molar refractivity (Wildman–Crippen MR) is 48.8 cm³/mol. The first-order valence-corrected chi connectivity index (χ1v) is 6.02. The van der Waals surface area contributed by atoms with Crippen LogP contribution in [0.1, 0.15) is 12.1 Å². The van der Waals surface area contributed by atoms with Crippen LogP contribution in [0.5, 0.6) is 0 Å². The molecular weight excluding hydrogens is 289 g/mol. The van der Waals surface area contributed by atoms with E-state index < -0.39 is 42.5 Å². The van der Waals surface area contributed by atoms with Crippen LogP contribution in [0.4, 0.5) is 18.9 Å². The van der Waals surface area contributed by atoms with Crippen LogP contribution in [-0.2, 0) is 9.05 Å². The Bertz CT molecular complexity index is 577. The van der Waals surface area contributed by atoms with Gasteiger partial charge in [0.25, 0.3) is 15.5 Å². The van der Waals surface area contributed by atoms with Crippen molar-refractivity contribution in [2.45, 2.75) is 11.3 Å². The monoisotopic (exact) mass is 290 g/mol. The molecule has 0 aliphatic carbocycles. The average molecular weight is 291 g/mol. The van der Waals surface area contributed by atoms with Gasteiger partial charge < -0.3 is 0 Å². The van der Waals surface area contributed by atoms with Gasteiger partial charge in [-0.05, 0) is 0 Å². The van der Waals surface area contributed by atoms with E-state index in [2.05, 4.69) is 4.98 Å². The van der Waals surface area contributed by atoms with E-state index in [0.29, 0.717) is 0 Å². The van der Waals surface area contributed by atoms with Gasteiger partial charge >= 0.3 is 5.69 Å². The molecule has 0 fully saturated rings. The van der Waals surface area contributed by atoms with Crippen molar-refractivity contribution in [1.82, 2.24) is 4.98 Å². The minimum atomic E-state index is -4.91. The van der Waals surface area contributed by atoms with E-state index in [1.54, 1.807) is 0 Å². The quantitative estimate of drug-likeness (QED) is 0.482. The first kappa shape index (κ1) is 13.6. The molecule has 0 spiro atoms. The maximum atomic E-state index is 13.4. The Balaban J connectivity index is 3.72. The van der Waals surface area contributed by atoms with E-state index in [4.69, 9.17) is 10.7 Å². The molecule has 94 valence electrons. The van der Waals surface area contributed by atoms with E-state index in [1.807, 2.05) is 0 Å². The van der Waals surface area contributed by atoms with Crippen molar-refractivity contribution in [3.05, 3.63) is 27.8 Å². The van der Waals surface area contributed by atoms with Crippen molar-refractivity contribution in [3.8, 4) is 0 Å². The fraction of sp³-hybridized carbons (Fsp3) is 0.167. The number of aromatic nitrogens is 1. The molecule has 0 radical (unpaired) electrons. The molecule has 0 saturated carbocycles. The molecule has 0 N–H and O–H groups in total. The van der Waals surface area contributed by atoms with E-state index in [1.165, 1.54) is 0 Å². The summed E-state index contributed by atoms with van der Waals surface area (Å²) in [4.78, 5) is 10.1. The SMILES string of the molecule is O=[N+]([O-])c1cnc(C(F)F)c(S(=O)(=O)Cl)c1F. The summed E-state index contributed by atoms with van der Waals surface area (Å²) < 4.78 is 59.8. The van der Waals surface area contributed by atoms with Crippen LogP contribution in [0.25, 0.3) is 0 Å². The lowest BCUT2D eigenvalue weighted by Gasteiger charge is -2.05.